The summed E-state index contributed by atoms with van der Waals surface area (Å²) < 4.78 is 12.9. The molecule has 0 bridgehead atoms. The van der Waals surface area contributed by atoms with Crippen LogP contribution >= 0.6 is 0 Å². The SMILES string of the molecule is c1ccc(-c2ccccc2N(c2ccc(-c3cccc4c3oc3ccccc34)cc2)c2ccc3oc4c5ccccc5ccc4c3c2)cc1. The molecule has 230 valence electrons. The summed E-state index contributed by atoms with van der Waals surface area (Å²) in [6.07, 6.45) is 0. The van der Waals surface area contributed by atoms with Crippen molar-refractivity contribution in [2.75, 3.05) is 4.90 Å². The lowest BCUT2D eigenvalue weighted by Gasteiger charge is -2.28. The predicted octanol–water partition coefficient (Wildman–Crippen LogP) is 13.4. The zero-order valence-electron chi connectivity index (χ0n) is 26.5. The van der Waals surface area contributed by atoms with Crippen molar-refractivity contribution in [1.82, 2.24) is 0 Å². The fraction of sp³-hybridized carbons (Fsp3) is 0. The topological polar surface area (TPSA) is 29.5 Å². The number of nitrogens with zero attached hydrogens (tertiary/aromatic N) is 1. The molecule has 3 heteroatoms. The molecule has 0 N–H and O–H groups in total. The molecule has 0 aliphatic carbocycles. The molecule has 0 aliphatic heterocycles. The molecular weight excluding hydrogens is 599 g/mol. The number of para-hydroxylation sites is 3. The van der Waals surface area contributed by atoms with Crippen LogP contribution in [0.4, 0.5) is 17.1 Å². The number of furan rings is 2. The first-order valence-corrected chi connectivity index (χ1v) is 16.6. The van der Waals surface area contributed by atoms with Gasteiger partial charge in [0.2, 0.25) is 0 Å². The number of fused-ring (bicyclic) bond motifs is 8. The van der Waals surface area contributed by atoms with E-state index in [0.717, 1.165) is 88.6 Å². The van der Waals surface area contributed by atoms with Crippen LogP contribution in [0.5, 0.6) is 0 Å². The van der Waals surface area contributed by atoms with Crippen LogP contribution in [0.1, 0.15) is 0 Å². The highest BCUT2D eigenvalue weighted by Gasteiger charge is 2.20. The number of hydrogen-bond acceptors (Lipinski definition) is 3. The Bertz CT molecular complexity index is 2830. The van der Waals surface area contributed by atoms with Crippen LogP contribution in [0, 0.1) is 0 Å². The molecule has 2 heterocycles. The predicted molar refractivity (Wildman–Crippen MR) is 204 cm³/mol. The van der Waals surface area contributed by atoms with Crippen molar-refractivity contribution < 1.29 is 8.83 Å². The van der Waals surface area contributed by atoms with Gasteiger partial charge in [-0.15, -0.1) is 0 Å². The van der Waals surface area contributed by atoms with E-state index in [9.17, 15) is 0 Å². The van der Waals surface area contributed by atoms with Gasteiger partial charge in [0.15, 0.2) is 0 Å². The maximum Gasteiger partial charge on any atom is 0.143 e. The molecule has 3 nitrogen and oxygen atoms in total. The van der Waals surface area contributed by atoms with Gasteiger partial charge in [0.05, 0.1) is 5.69 Å². The van der Waals surface area contributed by atoms with Crippen LogP contribution in [0.25, 0.3) is 76.9 Å². The van der Waals surface area contributed by atoms with E-state index in [1.807, 2.05) is 12.1 Å². The van der Waals surface area contributed by atoms with Crippen LogP contribution in [-0.2, 0) is 0 Å². The van der Waals surface area contributed by atoms with E-state index in [1.165, 1.54) is 5.39 Å². The van der Waals surface area contributed by atoms with Crippen LogP contribution in [-0.4, -0.2) is 0 Å². The zero-order valence-corrected chi connectivity index (χ0v) is 26.5. The van der Waals surface area contributed by atoms with Gasteiger partial charge in [0.1, 0.15) is 22.3 Å². The first kappa shape index (κ1) is 27.5. The Hall–Kier alpha value is -6.58. The van der Waals surface area contributed by atoms with E-state index >= 15 is 0 Å². The average molecular weight is 628 g/mol. The second kappa shape index (κ2) is 11.0. The number of hydrogen-bond donors (Lipinski definition) is 0. The van der Waals surface area contributed by atoms with Crippen LogP contribution in [0.2, 0.25) is 0 Å². The minimum atomic E-state index is 0.876. The second-order valence-corrected chi connectivity index (χ2v) is 12.5. The van der Waals surface area contributed by atoms with Gasteiger partial charge in [-0.25, -0.2) is 0 Å². The third kappa shape index (κ3) is 4.44. The summed E-state index contributed by atoms with van der Waals surface area (Å²) in [5, 5.41) is 6.76. The molecule has 2 aromatic heterocycles. The van der Waals surface area contributed by atoms with E-state index in [-0.39, 0.29) is 0 Å². The highest BCUT2D eigenvalue weighted by molar-refractivity contribution is 6.16. The van der Waals surface area contributed by atoms with Crippen molar-refractivity contribution in [3.8, 4) is 22.3 Å². The minimum absolute atomic E-state index is 0.876. The first-order valence-electron chi connectivity index (χ1n) is 16.6. The fourth-order valence-corrected chi connectivity index (χ4v) is 7.35. The van der Waals surface area contributed by atoms with Crippen molar-refractivity contribution in [2.24, 2.45) is 0 Å². The highest BCUT2D eigenvalue weighted by atomic mass is 16.3. The summed E-state index contributed by atoms with van der Waals surface area (Å²) in [4.78, 5) is 2.35. The molecule has 49 heavy (non-hydrogen) atoms. The van der Waals surface area contributed by atoms with Crippen molar-refractivity contribution in [3.63, 3.8) is 0 Å². The van der Waals surface area contributed by atoms with Crippen molar-refractivity contribution >= 4 is 71.7 Å². The number of rotatable bonds is 5. The van der Waals surface area contributed by atoms with Crippen molar-refractivity contribution in [1.29, 1.82) is 0 Å². The zero-order chi connectivity index (χ0) is 32.3. The van der Waals surface area contributed by atoms with Gasteiger partial charge in [-0.1, -0.05) is 127 Å². The molecule has 0 amide bonds. The summed E-state index contributed by atoms with van der Waals surface area (Å²) in [5.74, 6) is 0. The number of benzene rings is 8. The van der Waals surface area contributed by atoms with E-state index in [2.05, 4.69) is 169 Å². The van der Waals surface area contributed by atoms with Gasteiger partial charge >= 0.3 is 0 Å². The molecule has 0 fully saturated rings. The molecule has 0 atom stereocenters. The van der Waals surface area contributed by atoms with Crippen LogP contribution in [0.3, 0.4) is 0 Å². The Balaban J connectivity index is 1.16. The molecule has 0 saturated heterocycles. The second-order valence-electron chi connectivity index (χ2n) is 12.5. The van der Waals surface area contributed by atoms with Gasteiger partial charge in [-0.3, -0.25) is 0 Å². The molecule has 0 aliphatic rings. The summed E-state index contributed by atoms with van der Waals surface area (Å²) in [7, 11) is 0. The van der Waals surface area contributed by atoms with Crippen molar-refractivity contribution in [2.45, 2.75) is 0 Å². The van der Waals surface area contributed by atoms with E-state index < -0.39 is 0 Å². The molecule has 8 aromatic carbocycles. The lowest BCUT2D eigenvalue weighted by atomic mass is 10.00. The molecule has 0 unspecified atom stereocenters. The average Bonchev–Trinajstić information content (AvgIpc) is 3.74. The third-order valence-corrected chi connectivity index (χ3v) is 9.67. The van der Waals surface area contributed by atoms with Crippen LogP contribution < -0.4 is 4.90 Å². The normalized spacial score (nSPS) is 11.7. The molecule has 0 radical (unpaired) electrons. The van der Waals surface area contributed by atoms with Gasteiger partial charge in [-0.2, -0.15) is 0 Å². The Labute approximate surface area is 282 Å². The highest BCUT2D eigenvalue weighted by Crippen LogP contribution is 2.44. The van der Waals surface area contributed by atoms with Gasteiger partial charge in [-0.05, 0) is 65.0 Å². The minimum Gasteiger partial charge on any atom is -0.455 e. The Morgan fingerprint density at radius 1 is 0.347 bits per heavy atom. The van der Waals surface area contributed by atoms with Gasteiger partial charge in [0.25, 0.3) is 0 Å². The third-order valence-electron chi connectivity index (χ3n) is 9.67. The van der Waals surface area contributed by atoms with E-state index in [1.54, 1.807) is 0 Å². The largest absolute Gasteiger partial charge is 0.455 e. The molecular formula is C46H29NO2. The van der Waals surface area contributed by atoms with Gasteiger partial charge < -0.3 is 13.7 Å². The smallest absolute Gasteiger partial charge is 0.143 e. The molecule has 10 rings (SSSR count). The maximum absolute atomic E-state index is 6.50. The van der Waals surface area contributed by atoms with Crippen LogP contribution in [0.15, 0.2) is 185 Å². The molecule has 10 aromatic rings. The summed E-state index contributed by atoms with van der Waals surface area (Å²) in [6, 6.07) is 62.0. The summed E-state index contributed by atoms with van der Waals surface area (Å²) in [5.41, 5.74) is 11.3. The lowest BCUT2D eigenvalue weighted by molar-refractivity contribution is 0.670. The first-order chi connectivity index (χ1) is 24.3. The quantitative estimate of drug-likeness (QED) is 0.190. The summed E-state index contributed by atoms with van der Waals surface area (Å²) in [6.45, 7) is 0. The Morgan fingerprint density at radius 2 is 0.980 bits per heavy atom. The van der Waals surface area contributed by atoms with E-state index in [0.29, 0.717) is 0 Å². The maximum atomic E-state index is 6.50. The Kier molecular flexibility index (Phi) is 6.18. The fourth-order valence-electron chi connectivity index (χ4n) is 7.35. The van der Waals surface area contributed by atoms with E-state index in [4.69, 9.17) is 8.83 Å². The lowest BCUT2D eigenvalue weighted by Crippen LogP contribution is -2.11. The molecule has 0 spiro atoms. The monoisotopic (exact) mass is 627 g/mol. The van der Waals surface area contributed by atoms with Crippen molar-refractivity contribution in [3.05, 3.63) is 176 Å². The standard InChI is InChI=1S/C46H29NO2/c1-2-11-30(12-3-1)35-14-6-8-19-42(35)47(34-26-28-44-41(29-34)40-27-23-31-13-4-5-15-36(31)46(40)49-44)33-24-21-32(22-25-33)37-17-10-18-39-38-16-7-9-20-43(38)48-45(37)39/h1-29H. The summed E-state index contributed by atoms with van der Waals surface area (Å²) >= 11 is 0. The Morgan fingerprint density at radius 3 is 1.88 bits per heavy atom. The molecule has 0 saturated carbocycles. The van der Waals surface area contributed by atoms with Gasteiger partial charge in [0, 0.05) is 49.4 Å². The number of anilines is 3.